The van der Waals surface area contributed by atoms with Crippen LogP contribution in [-0.4, -0.2) is 12.2 Å². The van der Waals surface area contributed by atoms with Crippen LogP contribution in [0.15, 0.2) is 29.3 Å². The molecule has 1 unspecified atom stereocenters. The lowest BCUT2D eigenvalue weighted by atomic mass is 10.2. The molecule has 0 spiro atoms. The topological polar surface area (TPSA) is 20.3 Å². The van der Waals surface area contributed by atoms with Crippen LogP contribution in [0.5, 0.6) is 0 Å². The van der Waals surface area contributed by atoms with E-state index < -0.39 is 6.30 Å². The van der Waals surface area contributed by atoms with Crippen molar-refractivity contribution in [1.29, 1.82) is 0 Å². The van der Waals surface area contributed by atoms with Crippen molar-refractivity contribution in [2.45, 2.75) is 20.1 Å². The van der Waals surface area contributed by atoms with Crippen molar-refractivity contribution in [3.63, 3.8) is 0 Å². The number of anilines is 1. The first-order chi connectivity index (χ1) is 7.93. The molecular weight excluding hydrogens is 264 g/mol. The Balaban J connectivity index is 2.43. The lowest BCUT2D eigenvalue weighted by Crippen LogP contribution is -2.32. The van der Waals surface area contributed by atoms with E-state index in [1.54, 1.807) is 26.0 Å². The van der Waals surface area contributed by atoms with Crippen molar-refractivity contribution in [2.75, 3.05) is 4.90 Å². The number of hydrogen-bond acceptors (Lipinski definition) is 1. The number of amides is 1. The molecule has 1 amide bonds. The van der Waals surface area contributed by atoms with Crippen LogP contribution >= 0.6 is 23.2 Å². The molecule has 1 aliphatic rings. The van der Waals surface area contributed by atoms with E-state index in [1.165, 1.54) is 6.07 Å². The second-order valence-electron chi connectivity index (χ2n) is 3.92. The van der Waals surface area contributed by atoms with Crippen molar-refractivity contribution < 1.29 is 9.18 Å². The monoisotopic (exact) mass is 273 g/mol. The van der Waals surface area contributed by atoms with Crippen LogP contribution < -0.4 is 4.90 Å². The van der Waals surface area contributed by atoms with Crippen molar-refractivity contribution in [3.05, 3.63) is 39.4 Å². The second-order valence-corrected chi connectivity index (χ2v) is 4.73. The molecule has 0 radical (unpaired) electrons. The number of benzene rings is 1. The number of hydrogen-bond donors (Lipinski definition) is 0. The van der Waals surface area contributed by atoms with Gasteiger partial charge in [0.25, 0.3) is 5.91 Å². The number of carbonyl (C=O) groups excluding carboxylic acids is 1. The van der Waals surface area contributed by atoms with Gasteiger partial charge < -0.3 is 0 Å². The molecule has 0 aliphatic carbocycles. The molecule has 0 fully saturated rings. The molecule has 0 aromatic heterocycles. The van der Waals surface area contributed by atoms with E-state index in [9.17, 15) is 9.18 Å². The van der Waals surface area contributed by atoms with E-state index in [0.29, 0.717) is 26.9 Å². The number of alkyl halides is 1. The molecule has 0 saturated carbocycles. The Morgan fingerprint density at radius 1 is 1.24 bits per heavy atom. The molecule has 0 saturated heterocycles. The Morgan fingerprint density at radius 2 is 1.88 bits per heavy atom. The Bertz CT molecular complexity index is 527. The van der Waals surface area contributed by atoms with Gasteiger partial charge in [-0.25, -0.2) is 4.39 Å². The summed E-state index contributed by atoms with van der Waals surface area (Å²) in [6.45, 7) is 3.22. The number of halogens is 3. The number of rotatable bonds is 1. The molecule has 1 heterocycles. The molecule has 0 bridgehead atoms. The van der Waals surface area contributed by atoms with Crippen LogP contribution in [0.1, 0.15) is 13.8 Å². The maximum atomic E-state index is 14.0. The maximum Gasteiger partial charge on any atom is 0.256 e. The van der Waals surface area contributed by atoms with E-state index in [1.807, 2.05) is 0 Å². The van der Waals surface area contributed by atoms with Gasteiger partial charge in [0.2, 0.25) is 6.30 Å². The zero-order valence-corrected chi connectivity index (χ0v) is 10.8. The summed E-state index contributed by atoms with van der Waals surface area (Å²) in [6, 6.07) is 4.60. The first kappa shape index (κ1) is 12.4. The van der Waals surface area contributed by atoms with Gasteiger partial charge in [0.05, 0.1) is 10.0 Å². The summed E-state index contributed by atoms with van der Waals surface area (Å²) in [6.07, 6.45) is -1.43. The third-order valence-electron chi connectivity index (χ3n) is 2.90. The molecule has 90 valence electrons. The fourth-order valence-electron chi connectivity index (χ4n) is 1.71. The van der Waals surface area contributed by atoms with E-state index in [2.05, 4.69) is 0 Å². The minimum Gasteiger partial charge on any atom is -0.274 e. The van der Waals surface area contributed by atoms with Crippen LogP contribution in [0.25, 0.3) is 0 Å². The van der Waals surface area contributed by atoms with Crippen LogP contribution in [0.3, 0.4) is 0 Å². The highest BCUT2D eigenvalue weighted by Crippen LogP contribution is 2.34. The standard InChI is InChI=1S/C12H10Cl2FNO/c1-6-7(2)12(17)16(11(6)15)8-3-4-9(13)10(14)5-8/h3-5,11H,1-2H3. The fraction of sp³-hybridized carbons (Fsp3) is 0.250. The third-order valence-corrected chi connectivity index (χ3v) is 3.64. The molecular formula is C12H10Cl2FNO. The average Bonchev–Trinajstić information content (AvgIpc) is 2.48. The summed E-state index contributed by atoms with van der Waals surface area (Å²) in [5, 5.41) is 0.672. The minimum absolute atomic E-state index is 0.298. The van der Waals surface area contributed by atoms with Gasteiger partial charge in [-0.1, -0.05) is 23.2 Å². The normalized spacial score (nSPS) is 20.4. The molecule has 1 aliphatic heterocycles. The second kappa shape index (κ2) is 4.31. The van der Waals surface area contributed by atoms with E-state index in [0.717, 1.165) is 4.90 Å². The fourth-order valence-corrected chi connectivity index (χ4v) is 2.00. The maximum absolute atomic E-state index is 14.0. The number of carbonyl (C=O) groups is 1. The number of nitrogens with zero attached hydrogens (tertiary/aromatic N) is 1. The highest BCUT2D eigenvalue weighted by molar-refractivity contribution is 6.42. The molecule has 2 nitrogen and oxygen atoms in total. The predicted octanol–water partition coefficient (Wildman–Crippen LogP) is 3.97. The molecule has 5 heteroatoms. The van der Waals surface area contributed by atoms with Gasteiger partial charge in [-0.3, -0.25) is 9.69 Å². The zero-order valence-electron chi connectivity index (χ0n) is 9.30. The SMILES string of the molecule is CC1=C(C)C(F)N(c2ccc(Cl)c(Cl)c2)C1=O. The predicted molar refractivity (Wildman–Crippen MR) is 67.2 cm³/mol. The van der Waals surface area contributed by atoms with Crippen LogP contribution in [0.4, 0.5) is 10.1 Å². The molecule has 0 N–H and O–H groups in total. The van der Waals surface area contributed by atoms with Gasteiger partial charge in [-0.2, -0.15) is 0 Å². The quantitative estimate of drug-likeness (QED) is 0.709. The molecule has 1 atom stereocenters. The summed E-state index contributed by atoms with van der Waals surface area (Å²) < 4.78 is 14.0. The van der Waals surface area contributed by atoms with Crippen molar-refractivity contribution >= 4 is 34.8 Å². The summed E-state index contributed by atoms with van der Waals surface area (Å²) in [7, 11) is 0. The van der Waals surface area contributed by atoms with Crippen LogP contribution in [0.2, 0.25) is 10.0 Å². The summed E-state index contributed by atoms with van der Waals surface area (Å²) in [5.74, 6) is -0.339. The lowest BCUT2D eigenvalue weighted by Gasteiger charge is -2.20. The Hall–Kier alpha value is -1.06. The Labute approximate surface area is 109 Å². The zero-order chi connectivity index (χ0) is 12.7. The Morgan fingerprint density at radius 3 is 2.35 bits per heavy atom. The van der Waals surface area contributed by atoms with E-state index >= 15 is 0 Å². The van der Waals surface area contributed by atoms with Gasteiger partial charge in [0, 0.05) is 11.3 Å². The minimum atomic E-state index is -1.43. The van der Waals surface area contributed by atoms with Crippen molar-refractivity contribution in [1.82, 2.24) is 0 Å². The van der Waals surface area contributed by atoms with Gasteiger partial charge in [0.1, 0.15) is 0 Å². The first-order valence-corrected chi connectivity index (χ1v) is 5.79. The first-order valence-electron chi connectivity index (χ1n) is 5.03. The highest BCUT2D eigenvalue weighted by Gasteiger charge is 2.35. The van der Waals surface area contributed by atoms with Crippen LogP contribution in [-0.2, 0) is 4.79 Å². The third kappa shape index (κ3) is 1.94. The molecule has 1 aromatic carbocycles. The highest BCUT2D eigenvalue weighted by atomic mass is 35.5. The van der Waals surface area contributed by atoms with Crippen molar-refractivity contribution in [2.24, 2.45) is 0 Å². The lowest BCUT2D eigenvalue weighted by molar-refractivity contribution is -0.115. The molecule has 1 aromatic rings. The summed E-state index contributed by atoms with van der Waals surface area (Å²) >= 11 is 11.6. The van der Waals surface area contributed by atoms with Gasteiger partial charge >= 0.3 is 0 Å². The molecule has 17 heavy (non-hydrogen) atoms. The largest absolute Gasteiger partial charge is 0.274 e. The van der Waals surface area contributed by atoms with Gasteiger partial charge in [-0.15, -0.1) is 0 Å². The van der Waals surface area contributed by atoms with Crippen molar-refractivity contribution in [3.8, 4) is 0 Å². The van der Waals surface area contributed by atoms with E-state index in [4.69, 9.17) is 23.2 Å². The van der Waals surface area contributed by atoms with Gasteiger partial charge in [-0.05, 0) is 37.6 Å². The van der Waals surface area contributed by atoms with E-state index in [-0.39, 0.29) is 5.91 Å². The Kier molecular flexibility index (Phi) is 3.15. The summed E-state index contributed by atoms with van der Waals surface area (Å²) in [4.78, 5) is 13.0. The molecule has 2 rings (SSSR count). The average molecular weight is 274 g/mol. The summed E-state index contributed by atoms with van der Waals surface area (Å²) in [5.41, 5.74) is 1.28. The van der Waals surface area contributed by atoms with Gasteiger partial charge in [0.15, 0.2) is 0 Å². The van der Waals surface area contributed by atoms with Crippen LogP contribution in [0, 0.1) is 0 Å². The smallest absolute Gasteiger partial charge is 0.256 e.